The molecule has 0 unspecified atom stereocenters. The second kappa shape index (κ2) is 5.85. The molecular formula is C13H13BrClN3O2. The summed E-state index contributed by atoms with van der Waals surface area (Å²) in [5.41, 5.74) is 8.00. The van der Waals surface area contributed by atoms with Gasteiger partial charge in [0.05, 0.1) is 32.1 Å². The first kappa shape index (κ1) is 14.9. The molecule has 0 aliphatic carbocycles. The second-order valence-electron chi connectivity index (χ2n) is 4.28. The number of carbonyl (C=O) groups is 1. The lowest BCUT2D eigenvalue weighted by Crippen LogP contribution is -2.08. The monoisotopic (exact) mass is 357 g/mol. The highest BCUT2D eigenvalue weighted by molar-refractivity contribution is 9.10. The number of ether oxygens (including phenoxy) is 1. The fourth-order valence-electron chi connectivity index (χ4n) is 1.72. The van der Waals surface area contributed by atoms with E-state index in [2.05, 4.69) is 21.0 Å². The largest absolute Gasteiger partial charge is 0.456 e. The van der Waals surface area contributed by atoms with Crippen molar-refractivity contribution >= 4 is 39.2 Å². The summed E-state index contributed by atoms with van der Waals surface area (Å²) in [6.07, 6.45) is 0. The number of nitrogens with two attached hydrogens (primary N) is 1. The Morgan fingerprint density at radius 1 is 1.55 bits per heavy atom. The molecule has 0 radical (unpaired) electrons. The Morgan fingerprint density at radius 3 is 2.80 bits per heavy atom. The number of nitrogens with zero attached hydrogens (tertiary/aromatic N) is 2. The van der Waals surface area contributed by atoms with Crippen molar-refractivity contribution in [2.75, 3.05) is 5.73 Å². The minimum Gasteiger partial charge on any atom is -0.456 e. The molecule has 0 bridgehead atoms. The molecule has 0 fully saturated rings. The Labute approximate surface area is 129 Å². The summed E-state index contributed by atoms with van der Waals surface area (Å²) < 4.78 is 7.76. The van der Waals surface area contributed by atoms with E-state index in [0.29, 0.717) is 16.3 Å². The third-order valence-corrected chi connectivity index (χ3v) is 4.21. The van der Waals surface area contributed by atoms with E-state index < -0.39 is 5.97 Å². The molecule has 7 heteroatoms. The Morgan fingerprint density at radius 2 is 2.25 bits per heavy atom. The second-order valence-corrected chi connectivity index (χ2v) is 5.48. The summed E-state index contributed by atoms with van der Waals surface area (Å²) in [6, 6.07) is 4.64. The van der Waals surface area contributed by atoms with E-state index in [1.165, 1.54) is 6.07 Å². The van der Waals surface area contributed by atoms with Gasteiger partial charge in [0.15, 0.2) is 0 Å². The molecule has 20 heavy (non-hydrogen) atoms. The molecular weight excluding hydrogens is 346 g/mol. The first-order valence-electron chi connectivity index (χ1n) is 5.80. The van der Waals surface area contributed by atoms with Gasteiger partial charge >= 0.3 is 5.97 Å². The number of carbonyl (C=O) groups excluding carboxylic acids is 1. The number of anilines is 1. The molecule has 106 valence electrons. The molecule has 1 aromatic carbocycles. The maximum Gasteiger partial charge on any atom is 0.338 e. The number of benzene rings is 1. The van der Waals surface area contributed by atoms with Crippen molar-refractivity contribution in [1.29, 1.82) is 0 Å². The van der Waals surface area contributed by atoms with E-state index in [0.717, 1.165) is 15.9 Å². The predicted molar refractivity (Wildman–Crippen MR) is 80.6 cm³/mol. The highest BCUT2D eigenvalue weighted by Crippen LogP contribution is 2.22. The smallest absolute Gasteiger partial charge is 0.338 e. The average molecular weight is 359 g/mol. The molecule has 2 rings (SSSR count). The van der Waals surface area contributed by atoms with Crippen LogP contribution in [0.5, 0.6) is 0 Å². The lowest BCUT2D eigenvalue weighted by molar-refractivity contribution is 0.0463. The number of hydrogen-bond acceptors (Lipinski definition) is 4. The van der Waals surface area contributed by atoms with E-state index >= 15 is 0 Å². The molecule has 1 heterocycles. The van der Waals surface area contributed by atoms with E-state index in [1.807, 2.05) is 6.92 Å². The van der Waals surface area contributed by atoms with Gasteiger partial charge in [0.25, 0.3) is 0 Å². The van der Waals surface area contributed by atoms with Gasteiger partial charge in [-0.2, -0.15) is 5.10 Å². The summed E-state index contributed by atoms with van der Waals surface area (Å²) in [5, 5.41) is 4.64. The standard InChI is InChI=1S/C13H13BrClN3O2/c1-7-12(14)11(18(2)17-7)6-20-13(19)8-3-4-9(15)10(16)5-8/h3-5H,6,16H2,1-2H3. The highest BCUT2D eigenvalue weighted by Gasteiger charge is 2.14. The highest BCUT2D eigenvalue weighted by atomic mass is 79.9. The molecule has 2 aromatic rings. The van der Waals surface area contributed by atoms with Gasteiger partial charge < -0.3 is 10.5 Å². The Kier molecular flexibility index (Phi) is 4.35. The van der Waals surface area contributed by atoms with Gasteiger partial charge in [0.2, 0.25) is 0 Å². The van der Waals surface area contributed by atoms with E-state index in [1.54, 1.807) is 23.9 Å². The van der Waals surface area contributed by atoms with Crippen LogP contribution >= 0.6 is 27.5 Å². The van der Waals surface area contributed by atoms with Crippen molar-refractivity contribution < 1.29 is 9.53 Å². The zero-order valence-corrected chi connectivity index (χ0v) is 13.3. The molecule has 0 saturated heterocycles. The summed E-state index contributed by atoms with van der Waals surface area (Å²) in [6.45, 7) is 1.99. The van der Waals surface area contributed by atoms with Crippen molar-refractivity contribution in [2.45, 2.75) is 13.5 Å². The third kappa shape index (κ3) is 2.96. The van der Waals surface area contributed by atoms with Crippen LogP contribution in [0.25, 0.3) is 0 Å². The molecule has 5 nitrogen and oxygen atoms in total. The molecule has 0 amide bonds. The number of aryl methyl sites for hydroxylation is 2. The van der Waals surface area contributed by atoms with Crippen LogP contribution in [-0.2, 0) is 18.4 Å². The number of hydrogen-bond donors (Lipinski definition) is 1. The van der Waals surface area contributed by atoms with Crippen LogP contribution in [0.3, 0.4) is 0 Å². The fraction of sp³-hybridized carbons (Fsp3) is 0.231. The first-order chi connectivity index (χ1) is 9.40. The summed E-state index contributed by atoms with van der Waals surface area (Å²) in [5.74, 6) is -0.459. The van der Waals surface area contributed by atoms with Gasteiger partial charge in [0.1, 0.15) is 6.61 Å². The Balaban J connectivity index is 2.10. The van der Waals surface area contributed by atoms with Crippen molar-refractivity contribution in [3.63, 3.8) is 0 Å². The Hall–Kier alpha value is -1.53. The molecule has 0 spiro atoms. The maximum absolute atomic E-state index is 11.9. The number of aromatic nitrogens is 2. The van der Waals surface area contributed by atoms with Gasteiger partial charge in [-0.25, -0.2) is 4.79 Å². The van der Waals surface area contributed by atoms with Gasteiger partial charge in [-0.1, -0.05) is 11.6 Å². The molecule has 0 saturated carbocycles. The zero-order valence-electron chi connectivity index (χ0n) is 11.0. The first-order valence-corrected chi connectivity index (χ1v) is 6.97. The molecule has 1 aromatic heterocycles. The fourth-order valence-corrected chi connectivity index (χ4v) is 2.29. The normalized spacial score (nSPS) is 10.6. The summed E-state index contributed by atoms with van der Waals surface area (Å²) in [4.78, 5) is 11.9. The number of halogens is 2. The van der Waals surface area contributed by atoms with E-state index in [4.69, 9.17) is 22.1 Å². The van der Waals surface area contributed by atoms with Gasteiger partial charge in [-0.3, -0.25) is 4.68 Å². The van der Waals surface area contributed by atoms with Crippen LogP contribution in [0.4, 0.5) is 5.69 Å². The lowest BCUT2D eigenvalue weighted by atomic mass is 10.2. The average Bonchev–Trinajstić information content (AvgIpc) is 2.64. The van der Waals surface area contributed by atoms with Gasteiger partial charge in [-0.15, -0.1) is 0 Å². The number of nitrogen functional groups attached to an aromatic ring is 1. The molecule has 0 aliphatic rings. The quantitative estimate of drug-likeness (QED) is 0.676. The minimum atomic E-state index is -0.459. The number of rotatable bonds is 3. The minimum absolute atomic E-state index is 0.124. The zero-order chi connectivity index (χ0) is 14.9. The van der Waals surface area contributed by atoms with Crippen LogP contribution in [0.2, 0.25) is 5.02 Å². The van der Waals surface area contributed by atoms with Crippen LogP contribution in [0, 0.1) is 6.92 Å². The van der Waals surface area contributed by atoms with Crippen LogP contribution in [0.15, 0.2) is 22.7 Å². The van der Waals surface area contributed by atoms with Crippen LogP contribution in [-0.4, -0.2) is 15.7 Å². The summed E-state index contributed by atoms with van der Waals surface area (Å²) >= 11 is 9.22. The summed E-state index contributed by atoms with van der Waals surface area (Å²) in [7, 11) is 1.79. The van der Waals surface area contributed by atoms with Crippen molar-refractivity contribution in [1.82, 2.24) is 9.78 Å². The van der Waals surface area contributed by atoms with Crippen LogP contribution < -0.4 is 5.73 Å². The topological polar surface area (TPSA) is 70.1 Å². The van der Waals surface area contributed by atoms with Crippen molar-refractivity contribution in [3.8, 4) is 0 Å². The third-order valence-electron chi connectivity index (χ3n) is 2.83. The van der Waals surface area contributed by atoms with Crippen molar-refractivity contribution in [3.05, 3.63) is 44.6 Å². The predicted octanol–water partition coefficient (Wildman–Crippen LogP) is 3.08. The lowest BCUT2D eigenvalue weighted by Gasteiger charge is -2.07. The Bertz CT molecular complexity index is 670. The van der Waals surface area contributed by atoms with Gasteiger partial charge in [0, 0.05) is 7.05 Å². The SMILES string of the molecule is Cc1nn(C)c(COC(=O)c2ccc(Cl)c(N)c2)c1Br. The molecule has 0 atom stereocenters. The van der Waals surface area contributed by atoms with Crippen LogP contribution in [0.1, 0.15) is 21.7 Å². The number of esters is 1. The molecule has 2 N–H and O–H groups in total. The maximum atomic E-state index is 11.9. The molecule has 0 aliphatic heterocycles. The van der Waals surface area contributed by atoms with Crippen molar-refractivity contribution in [2.24, 2.45) is 7.05 Å². The van der Waals surface area contributed by atoms with E-state index in [-0.39, 0.29) is 6.61 Å². The van der Waals surface area contributed by atoms with E-state index in [9.17, 15) is 4.79 Å². The van der Waals surface area contributed by atoms with Gasteiger partial charge in [-0.05, 0) is 41.1 Å².